The second-order valence-electron chi connectivity index (χ2n) is 9.08. The van der Waals surface area contributed by atoms with E-state index in [1.54, 1.807) is 0 Å². The molecule has 2 aliphatic carbocycles. The van der Waals surface area contributed by atoms with Gasteiger partial charge in [0.05, 0.1) is 0 Å². The summed E-state index contributed by atoms with van der Waals surface area (Å²) in [4.78, 5) is 13.4. The zero-order valence-corrected chi connectivity index (χ0v) is 14.3. The predicted molar refractivity (Wildman–Crippen MR) is 91.7 cm³/mol. The van der Waals surface area contributed by atoms with Gasteiger partial charge >= 0.3 is 0 Å². The molecule has 2 N–H and O–H groups in total. The first-order valence-electron chi connectivity index (χ1n) is 9.07. The monoisotopic (exact) mass is 310 g/mol. The van der Waals surface area contributed by atoms with Gasteiger partial charge in [-0.3, -0.25) is 4.79 Å². The zero-order chi connectivity index (χ0) is 16.0. The van der Waals surface area contributed by atoms with E-state index >= 15 is 0 Å². The van der Waals surface area contributed by atoms with Crippen LogP contribution in [0.5, 0.6) is 0 Å². The highest BCUT2D eigenvalue weighted by Gasteiger charge is 2.70. The zero-order valence-electron chi connectivity index (χ0n) is 14.3. The number of ketones is 1. The summed E-state index contributed by atoms with van der Waals surface area (Å²) in [5.41, 5.74) is 1.80. The van der Waals surface area contributed by atoms with E-state index in [1.165, 1.54) is 12.8 Å². The molecule has 3 heteroatoms. The summed E-state index contributed by atoms with van der Waals surface area (Å²) < 4.78 is 0. The fourth-order valence-corrected chi connectivity index (χ4v) is 6.44. The van der Waals surface area contributed by atoms with Crippen LogP contribution in [-0.2, 0) is 0 Å². The van der Waals surface area contributed by atoms with E-state index in [1.807, 2.05) is 18.2 Å². The average molecular weight is 310 g/mol. The van der Waals surface area contributed by atoms with E-state index in [-0.39, 0.29) is 11.0 Å². The number of piperidine rings is 1. The van der Waals surface area contributed by atoms with Crippen molar-refractivity contribution in [1.82, 2.24) is 5.32 Å². The van der Waals surface area contributed by atoms with E-state index in [0.29, 0.717) is 17.7 Å². The number of carbonyl (C=O) groups is 1. The number of fused-ring (bicyclic) bond motifs is 3. The number of rotatable bonds is 0. The molecule has 1 aromatic carbocycles. The van der Waals surface area contributed by atoms with Crippen molar-refractivity contribution in [2.45, 2.75) is 63.6 Å². The fourth-order valence-electron chi connectivity index (χ4n) is 6.44. The lowest BCUT2D eigenvalue weighted by Gasteiger charge is -2.55. The Bertz CT molecular complexity index is 711. The van der Waals surface area contributed by atoms with Gasteiger partial charge in [-0.25, -0.2) is 0 Å². The third-order valence-corrected chi connectivity index (χ3v) is 7.84. The number of benzene rings is 1. The summed E-state index contributed by atoms with van der Waals surface area (Å²) in [6.45, 7) is 7.07. The van der Waals surface area contributed by atoms with Gasteiger partial charge in [-0.15, -0.1) is 0 Å². The first-order valence-corrected chi connectivity index (χ1v) is 9.07. The number of nitrogens with one attached hydrogen (secondary N) is 2. The first-order chi connectivity index (χ1) is 10.9. The molecule has 0 amide bonds. The molecule has 2 aliphatic heterocycles. The fraction of sp³-hybridized carbons (Fsp3) is 0.650. The molecule has 1 saturated heterocycles. The second-order valence-corrected chi connectivity index (χ2v) is 9.08. The number of hydrogen-bond donors (Lipinski definition) is 2. The molecule has 3 unspecified atom stereocenters. The van der Waals surface area contributed by atoms with Crippen LogP contribution in [0.2, 0.25) is 0 Å². The highest BCUT2D eigenvalue weighted by Crippen LogP contribution is 2.65. The molecule has 1 spiro atoms. The van der Waals surface area contributed by atoms with Crippen molar-refractivity contribution in [3.63, 3.8) is 0 Å². The topological polar surface area (TPSA) is 41.1 Å². The van der Waals surface area contributed by atoms with Gasteiger partial charge in [0.15, 0.2) is 5.78 Å². The Kier molecular flexibility index (Phi) is 2.44. The minimum Gasteiger partial charge on any atom is -0.371 e. The highest BCUT2D eigenvalue weighted by molar-refractivity contribution is 6.14. The molecule has 1 aromatic rings. The average Bonchev–Trinajstić information content (AvgIpc) is 2.94. The molecule has 2 bridgehead atoms. The van der Waals surface area contributed by atoms with Crippen LogP contribution in [0.1, 0.15) is 56.8 Å². The van der Waals surface area contributed by atoms with Crippen molar-refractivity contribution in [2.75, 3.05) is 5.32 Å². The summed E-state index contributed by atoms with van der Waals surface area (Å²) in [5, 5.41) is 7.64. The van der Waals surface area contributed by atoms with Crippen molar-refractivity contribution in [3.05, 3.63) is 29.8 Å². The molecular weight excluding hydrogens is 284 g/mol. The van der Waals surface area contributed by atoms with Gasteiger partial charge in [0, 0.05) is 28.2 Å². The maximum atomic E-state index is 13.4. The van der Waals surface area contributed by atoms with Gasteiger partial charge in [0.1, 0.15) is 5.54 Å². The van der Waals surface area contributed by atoms with Gasteiger partial charge in [0.2, 0.25) is 0 Å². The lowest BCUT2D eigenvalue weighted by Crippen LogP contribution is -2.62. The quantitative estimate of drug-likeness (QED) is 0.769. The van der Waals surface area contributed by atoms with Crippen molar-refractivity contribution >= 4 is 11.5 Å². The van der Waals surface area contributed by atoms with E-state index in [9.17, 15) is 4.79 Å². The van der Waals surface area contributed by atoms with Crippen LogP contribution in [0.3, 0.4) is 0 Å². The van der Waals surface area contributed by atoms with Gasteiger partial charge in [-0.2, -0.15) is 0 Å². The van der Waals surface area contributed by atoms with E-state index in [0.717, 1.165) is 30.0 Å². The number of anilines is 1. The third-order valence-electron chi connectivity index (χ3n) is 7.84. The molecule has 0 aromatic heterocycles. The van der Waals surface area contributed by atoms with E-state index in [4.69, 9.17) is 0 Å². The highest BCUT2D eigenvalue weighted by atomic mass is 16.1. The van der Waals surface area contributed by atoms with Crippen LogP contribution in [0.4, 0.5) is 5.69 Å². The Labute approximate surface area is 138 Å². The van der Waals surface area contributed by atoms with Crippen molar-refractivity contribution in [3.8, 4) is 0 Å². The normalized spacial score (nSPS) is 45.9. The first kappa shape index (κ1) is 14.0. The largest absolute Gasteiger partial charge is 0.371 e. The van der Waals surface area contributed by atoms with Crippen LogP contribution in [0.15, 0.2) is 24.3 Å². The molecular formula is C20H26N2O. The minimum atomic E-state index is -0.398. The molecule has 2 saturated carbocycles. The number of Topliss-reactive ketones (excluding diaryl/α,β-unsaturated/α-hetero) is 1. The number of carbonyl (C=O) groups excluding carboxylic acids is 1. The Morgan fingerprint density at radius 1 is 1.17 bits per heavy atom. The van der Waals surface area contributed by atoms with E-state index in [2.05, 4.69) is 37.5 Å². The summed E-state index contributed by atoms with van der Waals surface area (Å²) in [5.74, 6) is 1.69. The summed E-state index contributed by atoms with van der Waals surface area (Å²) in [7, 11) is 0. The Balaban J connectivity index is 1.63. The van der Waals surface area contributed by atoms with Gasteiger partial charge < -0.3 is 10.6 Å². The van der Waals surface area contributed by atoms with Crippen LogP contribution in [-0.4, -0.2) is 22.9 Å². The smallest absolute Gasteiger partial charge is 0.190 e. The molecule has 5 rings (SSSR count). The maximum Gasteiger partial charge on any atom is 0.190 e. The van der Waals surface area contributed by atoms with Gasteiger partial charge in [0.25, 0.3) is 0 Å². The molecule has 3 fully saturated rings. The molecule has 5 atom stereocenters. The van der Waals surface area contributed by atoms with Crippen LogP contribution in [0, 0.1) is 17.3 Å². The molecule has 0 radical (unpaired) electrons. The predicted octanol–water partition coefficient (Wildman–Crippen LogP) is 3.61. The molecule has 3 nitrogen and oxygen atoms in total. The molecule has 2 heterocycles. The van der Waals surface area contributed by atoms with Gasteiger partial charge in [-0.1, -0.05) is 19.1 Å². The lowest BCUT2D eigenvalue weighted by molar-refractivity contribution is -0.00566. The molecule has 4 aliphatic rings. The maximum absolute atomic E-state index is 13.4. The van der Waals surface area contributed by atoms with Crippen LogP contribution in [0.25, 0.3) is 0 Å². The Morgan fingerprint density at radius 2 is 1.96 bits per heavy atom. The Hall–Kier alpha value is -1.35. The minimum absolute atomic E-state index is 0.0633. The standard InChI is InChI=1S/C20H26N2O/c1-18(2)12-8-9-19(3)14(10-12)16(21-18)11-20(19)17(23)13-6-4-5-7-15(13)22-20/h4-7,12,14,16,21-22H,8-11H2,1-3H3/t12?,14?,16?,19-,20+/m1/s1. The van der Waals surface area contributed by atoms with Crippen molar-refractivity contribution < 1.29 is 4.79 Å². The second kappa shape index (κ2) is 4.00. The lowest BCUT2D eigenvalue weighted by atomic mass is 9.55. The summed E-state index contributed by atoms with van der Waals surface area (Å²) in [6, 6.07) is 8.53. The van der Waals surface area contributed by atoms with Crippen molar-refractivity contribution in [2.24, 2.45) is 17.3 Å². The summed E-state index contributed by atoms with van der Waals surface area (Å²) in [6.07, 6.45) is 4.59. The van der Waals surface area contributed by atoms with E-state index < -0.39 is 5.54 Å². The molecule has 23 heavy (non-hydrogen) atoms. The Morgan fingerprint density at radius 3 is 2.74 bits per heavy atom. The number of hydrogen-bond acceptors (Lipinski definition) is 3. The van der Waals surface area contributed by atoms with Gasteiger partial charge in [-0.05, 0) is 63.5 Å². The van der Waals surface area contributed by atoms with Crippen LogP contribution >= 0.6 is 0 Å². The van der Waals surface area contributed by atoms with Crippen LogP contribution < -0.4 is 10.6 Å². The third kappa shape index (κ3) is 1.48. The molecule has 122 valence electrons. The SMILES string of the molecule is CC1(C)NC2C[C@@]3(Nc4ccccc4C3=O)[C@]3(C)CCC1CC23. The summed E-state index contributed by atoms with van der Waals surface area (Å²) >= 11 is 0. The van der Waals surface area contributed by atoms with Crippen molar-refractivity contribution in [1.29, 1.82) is 0 Å². The number of para-hydroxylation sites is 1.